The average molecular weight is 614 g/mol. The Morgan fingerprint density at radius 2 is 1.60 bits per heavy atom. The summed E-state index contributed by atoms with van der Waals surface area (Å²) in [5.74, 6) is -1.80. The molecule has 0 aromatic heterocycles. The quantitative estimate of drug-likeness (QED) is 0.222. The van der Waals surface area contributed by atoms with E-state index in [4.69, 9.17) is 0 Å². The molecule has 3 N–H and O–H groups in total. The van der Waals surface area contributed by atoms with Crippen LogP contribution in [0, 0.1) is 23.0 Å². The molecule has 1 aliphatic carbocycles. The number of nitro groups is 1. The van der Waals surface area contributed by atoms with E-state index in [1.807, 2.05) is 24.0 Å². The molecule has 45 heavy (non-hydrogen) atoms. The van der Waals surface area contributed by atoms with Gasteiger partial charge in [0.15, 0.2) is 0 Å². The summed E-state index contributed by atoms with van der Waals surface area (Å²) >= 11 is 0. The van der Waals surface area contributed by atoms with E-state index in [1.54, 1.807) is 30.3 Å². The third-order valence-electron chi connectivity index (χ3n) is 8.09. The van der Waals surface area contributed by atoms with E-state index in [9.17, 15) is 34.4 Å². The Bertz CT molecular complexity index is 1600. The molecular weight excluding hydrogens is 578 g/mol. The molecule has 5 rings (SSSR count). The van der Waals surface area contributed by atoms with Crippen LogP contribution in [-0.4, -0.2) is 64.8 Å². The fraction of sp³-hybridized carbons (Fsp3) is 0.333. The van der Waals surface area contributed by atoms with Crippen molar-refractivity contribution in [1.82, 2.24) is 10.2 Å². The predicted molar refractivity (Wildman–Crippen MR) is 167 cm³/mol. The molecule has 3 aromatic rings. The normalized spacial score (nSPS) is 15.5. The van der Waals surface area contributed by atoms with Crippen LogP contribution in [0.1, 0.15) is 63.6 Å². The number of nitro benzene ring substituents is 1. The van der Waals surface area contributed by atoms with Crippen LogP contribution in [0.3, 0.4) is 0 Å². The maximum atomic E-state index is 13.5. The zero-order chi connectivity index (χ0) is 32.1. The summed E-state index contributed by atoms with van der Waals surface area (Å²) < 4.78 is 0. The smallest absolute Gasteiger partial charge is 0.305 e. The Hall–Kier alpha value is -5.26. The summed E-state index contributed by atoms with van der Waals surface area (Å²) in [5.41, 5.74) is 2.90. The second-order valence-corrected chi connectivity index (χ2v) is 11.5. The molecule has 12 heteroatoms. The van der Waals surface area contributed by atoms with Crippen LogP contribution in [-0.2, 0) is 9.59 Å². The molecule has 2 aliphatic rings. The number of aliphatic carboxylic acids is 1. The van der Waals surface area contributed by atoms with E-state index < -0.39 is 28.7 Å². The van der Waals surface area contributed by atoms with Crippen LogP contribution < -0.4 is 15.5 Å². The summed E-state index contributed by atoms with van der Waals surface area (Å²) in [5, 5.41) is 26.3. The lowest BCUT2D eigenvalue weighted by atomic mass is 10.0. The minimum Gasteiger partial charge on any atom is -0.481 e. The molecule has 1 heterocycles. The molecule has 2 fully saturated rings. The van der Waals surface area contributed by atoms with Crippen molar-refractivity contribution in [2.45, 2.75) is 38.6 Å². The van der Waals surface area contributed by atoms with Gasteiger partial charge in [-0.1, -0.05) is 29.8 Å². The van der Waals surface area contributed by atoms with Gasteiger partial charge in [-0.05, 0) is 62.1 Å². The minimum absolute atomic E-state index is 0.121. The van der Waals surface area contributed by atoms with Gasteiger partial charge in [-0.25, -0.2) is 0 Å². The van der Waals surface area contributed by atoms with Crippen molar-refractivity contribution in [3.05, 3.63) is 99.1 Å². The Morgan fingerprint density at radius 1 is 0.911 bits per heavy atom. The van der Waals surface area contributed by atoms with Gasteiger partial charge >= 0.3 is 5.97 Å². The number of nitrogens with zero attached hydrogens (tertiary/aromatic N) is 3. The van der Waals surface area contributed by atoms with Crippen LogP contribution in [0.2, 0.25) is 0 Å². The van der Waals surface area contributed by atoms with Crippen molar-refractivity contribution in [3.8, 4) is 0 Å². The average Bonchev–Trinajstić information content (AvgIpc) is 3.89. The van der Waals surface area contributed by atoms with Crippen molar-refractivity contribution >= 4 is 40.8 Å². The molecule has 1 atom stereocenters. The van der Waals surface area contributed by atoms with Gasteiger partial charge in [-0.3, -0.25) is 29.3 Å². The van der Waals surface area contributed by atoms with Crippen molar-refractivity contribution < 1.29 is 29.2 Å². The molecular formula is C33H35N5O7. The lowest BCUT2D eigenvalue weighted by Gasteiger charge is -2.27. The summed E-state index contributed by atoms with van der Waals surface area (Å²) in [4.78, 5) is 65.6. The van der Waals surface area contributed by atoms with E-state index in [0.29, 0.717) is 43.1 Å². The highest BCUT2D eigenvalue weighted by atomic mass is 16.6. The van der Waals surface area contributed by atoms with Crippen LogP contribution >= 0.6 is 0 Å². The van der Waals surface area contributed by atoms with Crippen molar-refractivity contribution in [2.24, 2.45) is 5.92 Å². The second kappa shape index (κ2) is 13.6. The van der Waals surface area contributed by atoms with Gasteiger partial charge in [0.2, 0.25) is 5.91 Å². The van der Waals surface area contributed by atoms with Crippen molar-refractivity contribution in [2.75, 3.05) is 36.4 Å². The minimum atomic E-state index is -1.07. The fourth-order valence-corrected chi connectivity index (χ4v) is 5.42. The zero-order valence-electron chi connectivity index (χ0n) is 24.9. The zero-order valence-corrected chi connectivity index (χ0v) is 24.9. The van der Waals surface area contributed by atoms with Crippen LogP contribution in [0.15, 0.2) is 66.7 Å². The van der Waals surface area contributed by atoms with Gasteiger partial charge in [0.05, 0.1) is 28.8 Å². The number of carboxylic acid groups (broad SMARTS) is 1. The van der Waals surface area contributed by atoms with Gasteiger partial charge < -0.3 is 25.5 Å². The number of carbonyl (C=O) groups is 4. The first-order chi connectivity index (χ1) is 21.6. The highest BCUT2D eigenvalue weighted by Crippen LogP contribution is 2.33. The van der Waals surface area contributed by atoms with Crippen LogP contribution in [0.25, 0.3) is 0 Å². The number of hydrogen-bond donors (Lipinski definition) is 3. The second-order valence-electron chi connectivity index (χ2n) is 11.5. The first-order valence-corrected chi connectivity index (χ1v) is 14.9. The topological polar surface area (TPSA) is 162 Å². The Morgan fingerprint density at radius 3 is 2.24 bits per heavy atom. The lowest BCUT2D eigenvalue weighted by molar-refractivity contribution is -0.384. The number of carboxylic acids is 1. The van der Waals surface area contributed by atoms with Crippen LogP contribution in [0.4, 0.5) is 17.1 Å². The first-order valence-electron chi connectivity index (χ1n) is 14.9. The highest BCUT2D eigenvalue weighted by Gasteiger charge is 2.34. The van der Waals surface area contributed by atoms with Crippen LogP contribution in [0.5, 0.6) is 0 Å². The molecule has 1 saturated heterocycles. The molecule has 3 amide bonds. The fourth-order valence-electron chi connectivity index (χ4n) is 5.42. The molecule has 0 radical (unpaired) electrons. The Kier molecular flexibility index (Phi) is 9.41. The third-order valence-corrected chi connectivity index (χ3v) is 8.09. The van der Waals surface area contributed by atoms with E-state index >= 15 is 0 Å². The maximum absolute atomic E-state index is 13.5. The van der Waals surface area contributed by atoms with E-state index in [0.717, 1.165) is 24.8 Å². The number of anilines is 2. The van der Waals surface area contributed by atoms with Gasteiger partial charge in [0.1, 0.15) is 0 Å². The summed E-state index contributed by atoms with van der Waals surface area (Å²) in [6.45, 7) is 4.23. The maximum Gasteiger partial charge on any atom is 0.305 e. The number of carbonyl (C=O) groups excluding carboxylic acids is 3. The van der Waals surface area contributed by atoms with E-state index in [-0.39, 0.29) is 35.1 Å². The molecule has 1 unspecified atom stereocenters. The van der Waals surface area contributed by atoms with E-state index in [2.05, 4.69) is 15.5 Å². The Balaban J connectivity index is 1.41. The molecule has 12 nitrogen and oxygen atoms in total. The van der Waals surface area contributed by atoms with Gasteiger partial charge in [0.25, 0.3) is 17.5 Å². The molecule has 234 valence electrons. The lowest BCUT2D eigenvalue weighted by Crippen LogP contribution is -2.36. The summed E-state index contributed by atoms with van der Waals surface area (Å²) in [7, 11) is 0. The standard InChI is InChI=1S/C33H35N5O7/c1-21-3-5-22(6-4-21)27(20-30(39)40)34-32(42)25-11-14-29(36-15-2-16-37(18-17-36)33(43)24-7-8-24)28(19-25)35-31(41)23-9-12-26(13-10-23)38(44)45/h3-6,9-14,19,24,27H,2,7-8,15-18,20H2,1H3,(H,34,42)(H,35,41)(H,39,40). The molecule has 3 aromatic carbocycles. The number of aryl methyl sites for hydroxylation is 1. The number of non-ortho nitro benzene ring substituents is 1. The number of benzene rings is 3. The summed E-state index contributed by atoms with van der Waals surface area (Å²) in [6.07, 6.45) is 2.27. The van der Waals surface area contributed by atoms with Crippen molar-refractivity contribution in [1.29, 1.82) is 0 Å². The predicted octanol–water partition coefficient (Wildman–Crippen LogP) is 4.55. The monoisotopic (exact) mass is 613 g/mol. The SMILES string of the molecule is Cc1ccc(C(CC(=O)O)NC(=O)c2ccc(N3CCCN(C(=O)C4CC4)CC3)c(NC(=O)c3ccc([N+](=O)[O-])cc3)c2)cc1. The van der Waals surface area contributed by atoms with Gasteiger partial charge in [-0.2, -0.15) is 0 Å². The Labute approximate surface area is 260 Å². The summed E-state index contributed by atoms with van der Waals surface area (Å²) in [6, 6.07) is 16.6. The number of hydrogen-bond acceptors (Lipinski definition) is 7. The third kappa shape index (κ3) is 7.83. The highest BCUT2D eigenvalue weighted by molar-refractivity contribution is 6.07. The van der Waals surface area contributed by atoms with E-state index in [1.165, 1.54) is 24.3 Å². The number of amides is 3. The largest absolute Gasteiger partial charge is 0.481 e. The van der Waals surface area contributed by atoms with Crippen molar-refractivity contribution in [3.63, 3.8) is 0 Å². The number of nitrogens with one attached hydrogen (secondary N) is 2. The number of rotatable bonds is 10. The molecule has 1 aliphatic heterocycles. The first kappa shape index (κ1) is 31.2. The molecule has 1 saturated carbocycles. The molecule has 0 bridgehead atoms. The van der Waals surface area contributed by atoms with Gasteiger partial charge in [-0.15, -0.1) is 0 Å². The molecule has 0 spiro atoms. The van der Waals surface area contributed by atoms with Gasteiger partial charge in [0, 0.05) is 55.4 Å².